The number of aromatic nitrogens is 6. The zero-order chi connectivity index (χ0) is 46.8. The van der Waals surface area contributed by atoms with E-state index in [1.54, 1.807) is 88.4 Å². The number of halogens is 2. The summed E-state index contributed by atoms with van der Waals surface area (Å²) in [7, 11) is -4.46. The third kappa shape index (κ3) is 7.85. The van der Waals surface area contributed by atoms with Crippen LogP contribution in [0.15, 0.2) is 85.5 Å². The van der Waals surface area contributed by atoms with Gasteiger partial charge in [-0.25, -0.2) is 23.6 Å². The Morgan fingerprint density at radius 3 is 1.58 bits per heavy atom. The summed E-state index contributed by atoms with van der Waals surface area (Å²) in [5.41, 5.74) is 10.5. The van der Waals surface area contributed by atoms with Gasteiger partial charge in [0.15, 0.2) is 34.7 Å². The molecule has 4 saturated heterocycles. The molecule has 344 valence electrons. The van der Waals surface area contributed by atoms with Crippen molar-refractivity contribution in [3.8, 4) is 23.6 Å². The second-order valence-electron chi connectivity index (χ2n) is 16.3. The van der Waals surface area contributed by atoms with E-state index in [-0.39, 0.29) is 34.0 Å². The van der Waals surface area contributed by atoms with Crippen molar-refractivity contribution in [3.63, 3.8) is 0 Å². The van der Waals surface area contributed by atoms with Crippen LogP contribution in [0, 0.1) is 22.7 Å². The number of phosphoric acid groups is 1. The van der Waals surface area contributed by atoms with E-state index in [9.17, 15) is 20.2 Å². The molecule has 0 unspecified atom stereocenters. The Bertz CT molecular complexity index is 2910. The molecule has 10 rings (SSSR count). The van der Waals surface area contributed by atoms with Crippen molar-refractivity contribution in [2.24, 2.45) is 0 Å². The maximum absolute atomic E-state index is 14.1. The molecule has 0 amide bonds. The van der Waals surface area contributed by atoms with E-state index in [0.717, 1.165) is 0 Å². The van der Waals surface area contributed by atoms with Crippen LogP contribution in [0.5, 0.6) is 11.5 Å². The lowest BCUT2D eigenvalue weighted by Crippen LogP contribution is -2.40. The Hall–Kier alpha value is -5.65. The standard InChI is InChI=1S/C27H24Cl2N5O7P.C15H17N5O4/c1-26(2)38-23-21(37-27(14-30,24(23)39-26)22-12-11-18-25(31)32-15-33-34(18)22)13-36-42(35,40-19-9-5-3-7-16(19)28)41-20-10-6-4-8-17(20)29;1-14(2)23-11-9(5-21)22-15(6-16,12(11)24-14)10-4-3-8-13(17)18-7-19-20(8)10/h3-12,15,21,23-24H,13H2,1-2H3,(H2,31,32,33);3-4,7,9,11-12,21H,5H2,1-2H3,(H2,17,18,19)/t21-,23-,24-,27+;9-,11-,12-,15+/m11/s1. The van der Waals surface area contributed by atoms with Crippen molar-refractivity contribution in [1.29, 1.82) is 10.5 Å². The number of ether oxygens (including phenoxy) is 6. The van der Waals surface area contributed by atoms with Crippen LogP contribution in [0.1, 0.15) is 39.1 Å². The first-order valence-electron chi connectivity index (χ1n) is 20.3. The minimum atomic E-state index is -4.46. The number of aliphatic hydroxyl groups is 1. The van der Waals surface area contributed by atoms with Gasteiger partial charge in [0.2, 0.25) is 11.2 Å². The molecular formula is C42H41Cl2N10O11P. The first kappa shape index (κ1) is 45.5. The van der Waals surface area contributed by atoms with Gasteiger partial charge in [-0.1, -0.05) is 47.5 Å². The normalized spacial score (nSPS) is 28.3. The summed E-state index contributed by atoms with van der Waals surface area (Å²) in [5, 5.41) is 39.0. The van der Waals surface area contributed by atoms with Crippen molar-refractivity contribution in [2.45, 2.75) is 87.1 Å². The molecule has 5 N–H and O–H groups in total. The average Bonchev–Trinajstić information content (AvgIpc) is 4.13. The van der Waals surface area contributed by atoms with Gasteiger partial charge in [0.25, 0.3) is 0 Å². The monoisotopic (exact) mass is 962 g/mol. The Morgan fingerprint density at radius 2 is 1.14 bits per heavy atom. The van der Waals surface area contributed by atoms with Crippen molar-refractivity contribution in [1.82, 2.24) is 29.2 Å². The van der Waals surface area contributed by atoms with Gasteiger partial charge in [0.1, 0.15) is 72.5 Å². The maximum atomic E-state index is 14.1. The summed E-state index contributed by atoms with van der Waals surface area (Å²) in [4.78, 5) is 7.95. The molecule has 4 aromatic heterocycles. The Morgan fingerprint density at radius 1 is 0.697 bits per heavy atom. The number of para-hydroxylation sites is 2. The highest BCUT2D eigenvalue weighted by molar-refractivity contribution is 7.49. The third-order valence-corrected chi connectivity index (χ3v) is 13.1. The van der Waals surface area contributed by atoms with Gasteiger partial charge in [-0.05, 0) is 76.2 Å². The summed E-state index contributed by atoms with van der Waals surface area (Å²) in [6, 6.07) is 24.0. The zero-order valence-corrected chi connectivity index (χ0v) is 37.8. The van der Waals surface area contributed by atoms with Crippen molar-refractivity contribution in [3.05, 3.63) is 107 Å². The summed E-state index contributed by atoms with van der Waals surface area (Å²) in [6.45, 7) is 6.28. The van der Waals surface area contributed by atoms with Gasteiger partial charge in [0.05, 0.1) is 34.6 Å². The molecule has 66 heavy (non-hydrogen) atoms. The topological polar surface area (TPSA) is 280 Å². The smallest absolute Gasteiger partial charge is 0.394 e. The molecule has 8 atom stereocenters. The van der Waals surface area contributed by atoms with Gasteiger partial charge < -0.3 is 54.0 Å². The van der Waals surface area contributed by atoms with E-state index in [2.05, 4.69) is 32.3 Å². The number of nitrogen functional groups attached to an aromatic ring is 2. The number of aliphatic hydroxyl groups excluding tert-OH is 1. The Labute approximate surface area is 386 Å². The van der Waals surface area contributed by atoms with Crippen molar-refractivity contribution >= 4 is 53.7 Å². The molecule has 24 heteroatoms. The number of nitrogens with two attached hydrogens (primary N) is 2. The van der Waals surface area contributed by atoms with E-state index < -0.39 is 73.8 Å². The van der Waals surface area contributed by atoms with Gasteiger partial charge in [0, 0.05) is 0 Å². The summed E-state index contributed by atoms with van der Waals surface area (Å²) in [5.74, 6) is -1.32. The average molecular weight is 964 g/mol. The molecule has 2 aromatic carbocycles. The number of hydrogen-bond donors (Lipinski definition) is 3. The first-order chi connectivity index (χ1) is 31.5. The summed E-state index contributed by atoms with van der Waals surface area (Å²) in [6.07, 6.45) is -2.08. The number of anilines is 2. The van der Waals surface area contributed by atoms with Gasteiger partial charge >= 0.3 is 7.82 Å². The molecule has 8 heterocycles. The molecule has 0 saturated carbocycles. The lowest BCUT2D eigenvalue weighted by molar-refractivity contribution is -0.204. The fraction of sp³-hybridized carbons (Fsp3) is 0.381. The summed E-state index contributed by atoms with van der Waals surface area (Å²) < 4.78 is 70.7. The van der Waals surface area contributed by atoms with Crippen LogP contribution in [0.2, 0.25) is 10.0 Å². The Kier molecular flexibility index (Phi) is 11.7. The van der Waals surface area contributed by atoms with Crippen LogP contribution in [0.4, 0.5) is 11.6 Å². The highest BCUT2D eigenvalue weighted by Crippen LogP contribution is 2.55. The molecule has 0 spiro atoms. The number of nitrogens with zero attached hydrogens (tertiary/aromatic N) is 8. The second kappa shape index (κ2) is 16.9. The Balaban J connectivity index is 0.000000192. The van der Waals surface area contributed by atoms with E-state index >= 15 is 0 Å². The van der Waals surface area contributed by atoms with Gasteiger partial charge in [-0.3, -0.25) is 4.52 Å². The third-order valence-electron chi connectivity index (χ3n) is 11.2. The largest absolute Gasteiger partial charge is 0.587 e. The quantitative estimate of drug-likeness (QED) is 0.143. The van der Waals surface area contributed by atoms with Crippen LogP contribution in [-0.4, -0.2) is 95.7 Å². The molecular weight excluding hydrogens is 922 g/mol. The van der Waals surface area contributed by atoms with Crippen LogP contribution < -0.4 is 20.5 Å². The van der Waals surface area contributed by atoms with Crippen molar-refractivity contribution < 1.29 is 51.7 Å². The van der Waals surface area contributed by atoms with Crippen LogP contribution in [0.25, 0.3) is 11.0 Å². The lowest BCUT2D eigenvalue weighted by Gasteiger charge is -2.29. The number of nitriles is 2. The predicted octanol–water partition coefficient (Wildman–Crippen LogP) is 5.48. The second-order valence-corrected chi connectivity index (χ2v) is 18.7. The number of fused-ring (bicyclic) bond motifs is 4. The highest BCUT2D eigenvalue weighted by Gasteiger charge is 2.67. The van der Waals surface area contributed by atoms with Crippen LogP contribution in [-0.2, 0) is 48.7 Å². The fourth-order valence-electron chi connectivity index (χ4n) is 8.46. The molecule has 6 aromatic rings. The number of rotatable bonds is 10. The lowest BCUT2D eigenvalue weighted by atomic mass is 9.92. The zero-order valence-electron chi connectivity index (χ0n) is 35.4. The predicted molar refractivity (Wildman–Crippen MR) is 232 cm³/mol. The number of hydrogen-bond acceptors (Lipinski definition) is 19. The molecule has 0 radical (unpaired) electrons. The SMILES string of the molecule is CC1(C)O[C@H]2[C@@H](O1)[C@](C#N)(c1ccc3c(N)ncnn13)O[C@@H]2CO.CC1(C)O[C@H]2[C@@H](O1)[C@](C#N)(c1ccc3c(N)ncnn13)O[C@@H]2COP(=O)(Oc1ccccc1Cl)Oc1ccccc1Cl. The fourth-order valence-corrected chi connectivity index (χ4v) is 10.2. The van der Waals surface area contributed by atoms with Crippen LogP contribution >= 0.6 is 31.0 Å². The summed E-state index contributed by atoms with van der Waals surface area (Å²) >= 11 is 12.5. The number of phosphoric ester groups is 1. The van der Waals surface area contributed by atoms with E-state index in [1.807, 2.05) is 0 Å². The van der Waals surface area contributed by atoms with Crippen molar-refractivity contribution in [2.75, 3.05) is 24.7 Å². The van der Waals surface area contributed by atoms with Gasteiger partial charge in [-0.15, -0.1) is 0 Å². The molecule has 4 aliphatic heterocycles. The highest BCUT2D eigenvalue weighted by atomic mass is 35.5. The molecule has 4 aliphatic rings. The number of benzene rings is 2. The van der Waals surface area contributed by atoms with E-state index in [1.165, 1.54) is 33.8 Å². The molecule has 0 bridgehead atoms. The van der Waals surface area contributed by atoms with Gasteiger partial charge in [-0.2, -0.15) is 20.7 Å². The minimum absolute atomic E-state index is 0.0599. The van der Waals surface area contributed by atoms with E-state index in [4.69, 9.17) is 76.7 Å². The van der Waals surface area contributed by atoms with Crippen LogP contribution in [0.3, 0.4) is 0 Å². The first-order valence-corrected chi connectivity index (χ1v) is 22.5. The maximum Gasteiger partial charge on any atom is 0.587 e. The minimum Gasteiger partial charge on any atom is -0.394 e. The molecule has 0 aliphatic carbocycles. The van der Waals surface area contributed by atoms with E-state index in [0.29, 0.717) is 28.2 Å². The molecule has 21 nitrogen and oxygen atoms in total. The molecule has 4 fully saturated rings.